The molecule has 0 aliphatic carbocycles. The second-order valence-electron chi connectivity index (χ2n) is 3.87. The summed E-state index contributed by atoms with van der Waals surface area (Å²) in [5.41, 5.74) is 8.13. The van der Waals surface area contributed by atoms with Crippen molar-refractivity contribution in [2.45, 2.75) is 6.04 Å². The number of aromatic nitrogens is 1. The standard InChI is InChI=1S/C14H16N2O2/c1-17-11-3-4-13(18-2)12(9-11)14(15)10-5-7-16-8-6-10/h3-9,14H,15H2,1-2H3. The number of ether oxygens (including phenoxy) is 2. The lowest BCUT2D eigenvalue weighted by Crippen LogP contribution is -2.13. The molecule has 0 aliphatic heterocycles. The molecule has 0 saturated carbocycles. The summed E-state index contributed by atoms with van der Waals surface area (Å²) < 4.78 is 10.6. The maximum Gasteiger partial charge on any atom is 0.124 e. The van der Waals surface area contributed by atoms with Crippen LogP contribution in [-0.2, 0) is 0 Å². The highest BCUT2D eigenvalue weighted by Crippen LogP contribution is 2.31. The Hall–Kier alpha value is -2.07. The van der Waals surface area contributed by atoms with E-state index in [1.807, 2.05) is 30.3 Å². The first-order valence-electron chi connectivity index (χ1n) is 5.63. The predicted molar refractivity (Wildman–Crippen MR) is 69.8 cm³/mol. The van der Waals surface area contributed by atoms with Crippen molar-refractivity contribution in [2.75, 3.05) is 14.2 Å². The minimum Gasteiger partial charge on any atom is -0.497 e. The Kier molecular flexibility index (Phi) is 3.79. The van der Waals surface area contributed by atoms with Gasteiger partial charge in [-0.2, -0.15) is 0 Å². The third-order valence-corrected chi connectivity index (χ3v) is 2.84. The molecule has 0 bridgehead atoms. The molecule has 2 N–H and O–H groups in total. The lowest BCUT2D eigenvalue weighted by molar-refractivity contribution is 0.397. The van der Waals surface area contributed by atoms with E-state index in [0.29, 0.717) is 0 Å². The topological polar surface area (TPSA) is 57.4 Å². The summed E-state index contributed by atoms with van der Waals surface area (Å²) in [6.45, 7) is 0. The second-order valence-corrected chi connectivity index (χ2v) is 3.87. The third-order valence-electron chi connectivity index (χ3n) is 2.84. The molecular weight excluding hydrogens is 228 g/mol. The van der Waals surface area contributed by atoms with Crippen LogP contribution in [0.25, 0.3) is 0 Å². The molecule has 0 saturated heterocycles. The summed E-state index contributed by atoms with van der Waals surface area (Å²) >= 11 is 0. The minimum absolute atomic E-state index is 0.266. The van der Waals surface area contributed by atoms with Gasteiger partial charge in [-0.05, 0) is 35.9 Å². The molecule has 1 heterocycles. The highest BCUT2D eigenvalue weighted by atomic mass is 16.5. The average molecular weight is 244 g/mol. The van der Waals surface area contributed by atoms with Gasteiger partial charge in [0.05, 0.1) is 20.3 Å². The molecule has 1 aromatic carbocycles. The molecule has 94 valence electrons. The molecule has 2 aromatic rings. The van der Waals surface area contributed by atoms with Gasteiger partial charge in [0.15, 0.2) is 0 Å². The smallest absolute Gasteiger partial charge is 0.124 e. The predicted octanol–water partition coefficient (Wildman–Crippen LogP) is 2.15. The van der Waals surface area contributed by atoms with Crippen molar-refractivity contribution < 1.29 is 9.47 Å². The second kappa shape index (κ2) is 5.51. The van der Waals surface area contributed by atoms with E-state index in [1.165, 1.54) is 0 Å². The normalized spacial score (nSPS) is 11.9. The number of rotatable bonds is 4. The van der Waals surface area contributed by atoms with Gasteiger partial charge >= 0.3 is 0 Å². The lowest BCUT2D eigenvalue weighted by Gasteiger charge is -2.17. The van der Waals surface area contributed by atoms with Gasteiger partial charge in [-0.3, -0.25) is 4.98 Å². The largest absolute Gasteiger partial charge is 0.497 e. The maximum absolute atomic E-state index is 6.25. The van der Waals surface area contributed by atoms with Gasteiger partial charge in [0.25, 0.3) is 0 Å². The van der Waals surface area contributed by atoms with Crippen molar-refractivity contribution >= 4 is 0 Å². The summed E-state index contributed by atoms with van der Waals surface area (Å²) in [6.07, 6.45) is 3.45. The van der Waals surface area contributed by atoms with Crippen LogP contribution in [0.3, 0.4) is 0 Å². The molecule has 0 radical (unpaired) electrons. The number of hydrogen-bond donors (Lipinski definition) is 1. The van der Waals surface area contributed by atoms with Crippen molar-refractivity contribution in [3.8, 4) is 11.5 Å². The number of benzene rings is 1. The third kappa shape index (κ3) is 2.43. The van der Waals surface area contributed by atoms with Gasteiger partial charge in [-0.15, -0.1) is 0 Å². The van der Waals surface area contributed by atoms with Crippen LogP contribution in [0, 0.1) is 0 Å². The van der Waals surface area contributed by atoms with E-state index in [1.54, 1.807) is 26.6 Å². The molecule has 0 fully saturated rings. The van der Waals surface area contributed by atoms with E-state index in [0.717, 1.165) is 22.6 Å². The van der Waals surface area contributed by atoms with Gasteiger partial charge in [-0.25, -0.2) is 0 Å². The Morgan fingerprint density at radius 2 is 1.78 bits per heavy atom. The first-order chi connectivity index (χ1) is 8.76. The zero-order valence-electron chi connectivity index (χ0n) is 10.5. The monoisotopic (exact) mass is 244 g/mol. The van der Waals surface area contributed by atoms with Crippen molar-refractivity contribution in [1.29, 1.82) is 0 Å². The molecule has 4 nitrogen and oxygen atoms in total. The Labute approximate surface area is 106 Å². The van der Waals surface area contributed by atoms with Crippen molar-refractivity contribution in [1.82, 2.24) is 4.98 Å². The average Bonchev–Trinajstić information content (AvgIpc) is 2.46. The number of nitrogens with zero attached hydrogens (tertiary/aromatic N) is 1. The van der Waals surface area contributed by atoms with E-state index in [2.05, 4.69) is 4.98 Å². The SMILES string of the molecule is COc1ccc(OC)c(C(N)c2ccncc2)c1. The Balaban J connectivity index is 2.42. The number of hydrogen-bond acceptors (Lipinski definition) is 4. The van der Waals surface area contributed by atoms with Gasteiger partial charge in [0, 0.05) is 18.0 Å². The number of pyridine rings is 1. The summed E-state index contributed by atoms with van der Waals surface area (Å²) in [5, 5.41) is 0. The minimum atomic E-state index is -0.266. The number of methoxy groups -OCH3 is 2. The Morgan fingerprint density at radius 1 is 1.06 bits per heavy atom. The van der Waals surface area contributed by atoms with E-state index in [9.17, 15) is 0 Å². The first kappa shape index (κ1) is 12.4. The van der Waals surface area contributed by atoms with Gasteiger partial charge < -0.3 is 15.2 Å². The molecule has 0 spiro atoms. The van der Waals surface area contributed by atoms with Crippen LogP contribution in [0.15, 0.2) is 42.7 Å². The van der Waals surface area contributed by atoms with Crippen molar-refractivity contribution in [3.63, 3.8) is 0 Å². The van der Waals surface area contributed by atoms with Gasteiger partial charge in [-0.1, -0.05) is 0 Å². The molecule has 18 heavy (non-hydrogen) atoms. The van der Waals surface area contributed by atoms with Crippen LogP contribution in [0.4, 0.5) is 0 Å². The molecule has 0 aliphatic rings. The van der Waals surface area contributed by atoms with Crippen LogP contribution in [0.1, 0.15) is 17.2 Å². The van der Waals surface area contributed by atoms with E-state index >= 15 is 0 Å². The van der Waals surface area contributed by atoms with E-state index < -0.39 is 0 Å². The zero-order valence-corrected chi connectivity index (χ0v) is 10.5. The summed E-state index contributed by atoms with van der Waals surface area (Å²) in [5.74, 6) is 1.51. The summed E-state index contributed by atoms with van der Waals surface area (Å²) in [6, 6.07) is 9.12. The molecule has 0 amide bonds. The van der Waals surface area contributed by atoms with E-state index in [-0.39, 0.29) is 6.04 Å². The lowest BCUT2D eigenvalue weighted by atomic mass is 9.99. The van der Waals surface area contributed by atoms with Crippen LogP contribution in [0.5, 0.6) is 11.5 Å². The quantitative estimate of drug-likeness (QED) is 0.895. The van der Waals surface area contributed by atoms with Crippen molar-refractivity contribution in [3.05, 3.63) is 53.9 Å². The van der Waals surface area contributed by atoms with Crippen molar-refractivity contribution in [2.24, 2.45) is 5.73 Å². The number of nitrogens with two attached hydrogens (primary N) is 1. The molecule has 4 heteroatoms. The highest BCUT2D eigenvalue weighted by molar-refractivity contribution is 5.45. The molecule has 1 aromatic heterocycles. The van der Waals surface area contributed by atoms with Crippen LogP contribution in [0.2, 0.25) is 0 Å². The molecular formula is C14H16N2O2. The fourth-order valence-corrected chi connectivity index (χ4v) is 1.83. The van der Waals surface area contributed by atoms with Crippen LogP contribution < -0.4 is 15.2 Å². The Morgan fingerprint density at radius 3 is 2.39 bits per heavy atom. The van der Waals surface area contributed by atoms with E-state index in [4.69, 9.17) is 15.2 Å². The molecule has 1 unspecified atom stereocenters. The first-order valence-corrected chi connectivity index (χ1v) is 5.63. The van der Waals surface area contributed by atoms with Gasteiger partial charge in [0.2, 0.25) is 0 Å². The highest BCUT2D eigenvalue weighted by Gasteiger charge is 2.14. The fraction of sp³-hybridized carbons (Fsp3) is 0.214. The molecule has 1 atom stereocenters. The summed E-state index contributed by atoms with van der Waals surface area (Å²) in [4.78, 5) is 3.99. The molecule has 2 rings (SSSR count). The zero-order chi connectivity index (χ0) is 13.0. The van der Waals surface area contributed by atoms with Crippen LogP contribution in [-0.4, -0.2) is 19.2 Å². The Bertz CT molecular complexity index is 514. The van der Waals surface area contributed by atoms with Gasteiger partial charge in [0.1, 0.15) is 11.5 Å². The fourth-order valence-electron chi connectivity index (χ4n) is 1.83. The van der Waals surface area contributed by atoms with Crippen LogP contribution >= 0.6 is 0 Å². The summed E-state index contributed by atoms with van der Waals surface area (Å²) in [7, 11) is 3.26. The maximum atomic E-state index is 6.25.